The zero-order valence-corrected chi connectivity index (χ0v) is 11.7. The Labute approximate surface area is 113 Å². The predicted octanol–water partition coefficient (Wildman–Crippen LogP) is 2.28. The van der Waals surface area contributed by atoms with Gasteiger partial charge in [-0.3, -0.25) is 0 Å². The van der Waals surface area contributed by atoms with Crippen LogP contribution in [0.2, 0.25) is 0 Å². The lowest BCUT2D eigenvalue weighted by atomic mass is 10.2. The van der Waals surface area contributed by atoms with Crippen LogP contribution < -0.4 is 10.2 Å². The number of thioether (sulfide) groups is 1. The minimum absolute atomic E-state index is 0.596. The van der Waals surface area contributed by atoms with Crippen molar-refractivity contribution in [3.8, 4) is 0 Å². The second-order valence-corrected chi connectivity index (χ2v) is 6.41. The number of nitrogens with one attached hydrogen (secondary N) is 1. The van der Waals surface area contributed by atoms with E-state index in [2.05, 4.69) is 46.0 Å². The van der Waals surface area contributed by atoms with Gasteiger partial charge >= 0.3 is 0 Å². The number of rotatable bonds is 4. The van der Waals surface area contributed by atoms with Crippen LogP contribution in [0.15, 0.2) is 18.3 Å². The van der Waals surface area contributed by atoms with Gasteiger partial charge in [-0.15, -0.1) is 0 Å². The summed E-state index contributed by atoms with van der Waals surface area (Å²) in [5, 5.41) is 3.60. The Bertz CT molecular complexity index is 406. The number of hydrogen-bond donors (Lipinski definition) is 1. The summed E-state index contributed by atoms with van der Waals surface area (Å²) in [4.78, 5) is 7.10. The molecule has 1 unspecified atom stereocenters. The molecule has 2 heterocycles. The maximum Gasteiger partial charge on any atom is 0.133 e. The monoisotopic (exact) mass is 263 g/mol. The van der Waals surface area contributed by atoms with E-state index < -0.39 is 0 Å². The second-order valence-electron chi connectivity index (χ2n) is 5.26. The average Bonchev–Trinajstić information content (AvgIpc) is 3.22. The van der Waals surface area contributed by atoms with Crippen molar-refractivity contribution in [1.29, 1.82) is 0 Å². The topological polar surface area (TPSA) is 28.2 Å². The van der Waals surface area contributed by atoms with Gasteiger partial charge in [0.15, 0.2) is 0 Å². The van der Waals surface area contributed by atoms with Crippen LogP contribution in [0.5, 0.6) is 0 Å². The van der Waals surface area contributed by atoms with Crippen molar-refractivity contribution in [2.24, 2.45) is 0 Å². The zero-order chi connectivity index (χ0) is 12.4. The second kappa shape index (κ2) is 5.49. The Morgan fingerprint density at radius 1 is 1.50 bits per heavy atom. The summed E-state index contributed by atoms with van der Waals surface area (Å²) in [5.41, 5.74) is 1.35. The number of hydrogen-bond acceptors (Lipinski definition) is 4. The Morgan fingerprint density at radius 3 is 3.17 bits per heavy atom. The van der Waals surface area contributed by atoms with Crippen LogP contribution in [-0.4, -0.2) is 35.1 Å². The maximum atomic E-state index is 4.63. The van der Waals surface area contributed by atoms with E-state index in [1.54, 1.807) is 0 Å². The van der Waals surface area contributed by atoms with Crippen LogP contribution in [0, 0.1) is 0 Å². The van der Waals surface area contributed by atoms with Gasteiger partial charge in [0.05, 0.1) is 0 Å². The summed E-state index contributed by atoms with van der Waals surface area (Å²) in [6.07, 6.45) is 4.60. The van der Waals surface area contributed by atoms with Gasteiger partial charge in [-0.05, 0) is 25.8 Å². The van der Waals surface area contributed by atoms with E-state index >= 15 is 0 Å². The molecule has 1 aromatic heterocycles. The van der Waals surface area contributed by atoms with Gasteiger partial charge in [0.25, 0.3) is 0 Å². The minimum Gasteiger partial charge on any atom is -0.352 e. The minimum atomic E-state index is 0.596. The fourth-order valence-electron chi connectivity index (χ4n) is 2.41. The first kappa shape index (κ1) is 12.3. The normalized spacial score (nSPS) is 24.3. The molecule has 98 valence electrons. The van der Waals surface area contributed by atoms with Crippen molar-refractivity contribution >= 4 is 17.6 Å². The standard InChI is InChI=1S/C14H21N3S/c1-11-10-18-8-7-17(11)14-12(3-2-6-15-14)9-16-13-4-5-13/h2-3,6,11,13,16H,4-5,7-10H2,1H3. The van der Waals surface area contributed by atoms with Crippen LogP contribution in [0.3, 0.4) is 0 Å². The molecule has 0 spiro atoms. The summed E-state index contributed by atoms with van der Waals surface area (Å²) in [7, 11) is 0. The molecule has 0 bridgehead atoms. The molecule has 1 saturated heterocycles. The lowest BCUT2D eigenvalue weighted by Gasteiger charge is -2.35. The lowest BCUT2D eigenvalue weighted by molar-refractivity contribution is 0.658. The fourth-order valence-corrected chi connectivity index (χ4v) is 3.42. The van der Waals surface area contributed by atoms with E-state index in [-0.39, 0.29) is 0 Å². The summed E-state index contributed by atoms with van der Waals surface area (Å²) >= 11 is 2.05. The van der Waals surface area contributed by atoms with E-state index in [0.29, 0.717) is 6.04 Å². The first-order chi connectivity index (χ1) is 8.84. The molecule has 2 aliphatic rings. The van der Waals surface area contributed by atoms with Gasteiger partial charge < -0.3 is 10.2 Å². The third kappa shape index (κ3) is 2.81. The van der Waals surface area contributed by atoms with E-state index in [0.717, 1.165) is 19.1 Å². The molecule has 1 N–H and O–H groups in total. The summed E-state index contributed by atoms with van der Waals surface area (Å²) in [6.45, 7) is 4.39. The van der Waals surface area contributed by atoms with Gasteiger partial charge in [-0.2, -0.15) is 11.8 Å². The Kier molecular flexibility index (Phi) is 3.75. The third-order valence-electron chi connectivity index (χ3n) is 3.67. The lowest BCUT2D eigenvalue weighted by Crippen LogP contribution is -2.41. The molecule has 1 atom stereocenters. The summed E-state index contributed by atoms with van der Waals surface area (Å²) < 4.78 is 0. The van der Waals surface area contributed by atoms with Crippen LogP contribution in [-0.2, 0) is 6.54 Å². The van der Waals surface area contributed by atoms with Crippen molar-refractivity contribution in [3.63, 3.8) is 0 Å². The van der Waals surface area contributed by atoms with Crippen molar-refractivity contribution in [1.82, 2.24) is 10.3 Å². The quantitative estimate of drug-likeness (QED) is 0.902. The highest BCUT2D eigenvalue weighted by molar-refractivity contribution is 7.99. The van der Waals surface area contributed by atoms with E-state index in [9.17, 15) is 0 Å². The van der Waals surface area contributed by atoms with Crippen molar-refractivity contribution in [2.75, 3.05) is 23.0 Å². The van der Waals surface area contributed by atoms with E-state index in [1.807, 2.05) is 6.20 Å². The molecule has 1 aromatic rings. The Hall–Kier alpha value is -0.740. The molecular formula is C14H21N3S. The smallest absolute Gasteiger partial charge is 0.133 e. The first-order valence-corrected chi connectivity index (χ1v) is 8.02. The van der Waals surface area contributed by atoms with Crippen molar-refractivity contribution in [2.45, 2.75) is 38.4 Å². The molecule has 0 amide bonds. The molecule has 3 nitrogen and oxygen atoms in total. The molecule has 4 heteroatoms. The Morgan fingerprint density at radius 2 is 2.39 bits per heavy atom. The van der Waals surface area contributed by atoms with Crippen LogP contribution >= 0.6 is 11.8 Å². The summed E-state index contributed by atoms with van der Waals surface area (Å²) in [6, 6.07) is 5.62. The largest absolute Gasteiger partial charge is 0.352 e. The SMILES string of the molecule is CC1CSCCN1c1ncccc1CNC1CC1. The van der Waals surface area contributed by atoms with Crippen LogP contribution in [0.4, 0.5) is 5.82 Å². The predicted molar refractivity (Wildman–Crippen MR) is 78.2 cm³/mol. The molecule has 3 rings (SSSR count). The van der Waals surface area contributed by atoms with Gasteiger partial charge in [0.2, 0.25) is 0 Å². The van der Waals surface area contributed by atoms with Crippen molar-refractivity contribution in [3.05, 3.63) is 23.9 Å². The van der Waals surface area contributed by atoms with Gasteiger partial charge in [0, 0.05) is 48.4 Å². The van der Waals surface area contributed by atoms with Gasteiger partial charge in [-0.25, -0.2) is 4.98 Å². The zero-order valence-electron chi connectivity index (χ0n) is 10.9. The molecule has 0 aromatic carbocycles. The number of aromatic nitrogens is 1. The molecule has 1 saturated carbocycles. The molecule has 18 heavy (non-hydrogen) atoms. The molecule has 1 aliphatic heterocycles. The van der Waals surface area contributed by atoms with E-state index in [4.69, 9.17) is 0 Å². The highest BCUT2D eigenvalue weighted by atomic mass is 32.2. The highest BCUT2D eigenvalue weighted by Gasteiger charge is 2.24. The van der Waals surface area contributed by atoms with Crippen molar-refractivity contribution < 1.29 is 0 Å². The fraction of sp³-hybridized carbons (Fsp3) is 0.643. The van der Waals surface area contributed by atoms with Gasteiger partial charge in [-0.1, -0.05) is 6.07 Å². The number of pyridine rings is 1. The molecule has 1 aliphatic carbocycles. The van der Waals surface area contributed by atoms with E-state index in [1.165, 1.54) is 35.7 Å². The maximum absolute atomic E-state index is 4.63. The average molecular weight is 263 g/mol. The van der Waals surface area contributed by atoms with Gasteiger partial charge in [0.1, 0.15) is 5.82 Å². The molecular weight excluding hydrogens is 242 g/mol. The molecule has 2 fully saturated rings. The Balaban J connectivity index is 1.75. The van der Waals surface area contributed by atoms with Crippen LogP contribution in [0.1, 0.15) is 25.3 Å². The van der Waals surface area contributed by atoms with Crippen LogP contribution in [0.25, 0.3) is 0 Å². The number of nitrogens with zero attached hydrogens (tertiary/aromatic N) is 2. The first-order valence-electron chi connectivity index (χ1n) is 6.86. The summed E-state index contributed by atoms with van der Waals surface area (Å²) in [5.74, 6) is 3.63. The number of anilines is 1. The third-order valence-corrected chi connectivity index (χ3v) is 4.86. The molecule has 0 radical (unpaired) electrons. The highest BCUT2D eigenvalue weighted by Crippen LogP contribution is 2.26.